The molecule has 0 unspecified atom stereocenters. The Morgan fingerprint density at radius 3 is 2.50 bits per heavy atom. The topological polar surface area (TPSA) is 35.5 Å². The summed E-state index contributed by atoms with van der Waals surface area (Å²) in [6.07, 6.45) is 0.817. The molecule has 60 valence electrons. The fraction of sp³-hybridized carbons (Fsp3) is 0.857. The van der Waals surface area contributed by atoms with Crippen LogP contribution in [0.2, 0.25) is 0 Å². The molecule has 0 bridgehead atoms. The summed E-state index contributed by atoms with van der Waals surface area (Å²) in [5.74, 6) is -0.0600. The highest BCUT2D eigenvalue weighted by molar-refractivity contribution is 5.53. The van der Waals surface area contributed by atoms with Crippen LogP contribution in [0.5, 0.6) is 0 Å². The number of rotatable bonds is 5. The van der Waals surface area contributed by atoms with Gasteiger partial charge >= 0.3 is 0 Å². The molecule has 0 saturated heterocycles. The Hall–Kier alpha value is -0.410. The van der Waals surface area contributed by atoms with Gasteiger partial charge in [-0.05, 0) is 6.92 Å². The molecule has 0 spiro atoms. The first-order valence-corrected chi connectivity index (χ1v) is 3.28. The number of ether oxygens (including phenoxy) is 2. The van der Waals surface area contributed by atoms with Gasteiger partial charge in [0.1, 0.15) is 13.1 Å². The summed E-state index contributed by atoms with van der Waals surface area (Å²) in [5, 5.41) is 0. The summed E-state index contributed by atoms with van der Waals surface area (Å²) in [4.78, 5) is 10.2. The largest absolute Gasteiger partial charge is 0.359 e. The number of aldehydes is 1. The van der Waals surface area contributed by atoms with E-state index in [0.29, 0.717) is 0 Å². The molecule has 0 radical (unpaired) electrons. The lowest BCUT2D eigenvalue weighted by atomic mass is 10.1. The zero-order valence-electron chi connectivity index (χ0n) is 6.66. The summed E-state index contributed by atoms with van der Waals surface area (Å²) >= 11 is 0. The van der Waals surface area contributed by atoms with Gasteiger partial charge in [0.2, 0.25) is 0 Å². The molecule has 0 rings (SSSR count). The molecular weight excluding hydrogens is 132 g/mol. The number of methoxy groups -OCH3 is 1. The molecule has 0 aromatic rings. The first-order chi connectivity index (χ1) is 4.72. The van der Waals surface area contributed by atoms with E-state index in [-0.39, 0.29) is 18.8 Å². The van der Waals surface area contributed by atoms with Gasteiger partial charge in [0.25, 0.3) is 0 Å². The lowest BCUT2D eigenvalue weighted by molar-refractivity contribution is -0.120. The van der Waals surface area contributed by atoms with E-state index in [9.17, 15) is 4.79 Å². The molecule has 0 aliphatic carbocycles. The van der Waals surface area contributed by atoms with Gasteiger partial charge in [-0.15, -0.1) is 0 Å². The van der Waals surface area contributed by atoms with Crippen LogP contribution in [-0.4, -0.2) is 26.3 Å². The van der Waals surface area contributed by atoms with Crippen LogP contribution in [0.15, 0.2) is 0 Å². The summed E-state index contributed by atoms with van der Waals surface area (Å²) in [5.41, 5.74) is 0. The zero-order chi connectivity index (χ0) is 7.98. The molecule has 0 fully saturated rings. The van der Waals surface area contributed by atoms with Gasteiger partial charge in [0, 0.05) is 13.0 Å². The quantitative estimate of drug-likeness (QED) is 0.425. The molecule has 0 aliphatic rings. The van der Waals surface area contributed by atoms with Crippen LogP contribution in [0, 0.1) is 5.92 Å². The maximum Gasteiger partial charge on any atom is 0.146 e. The maximum absolute atomic E-state index is 10.2. The van der Waals surface area contributed by atoms with Crippen LogP contribution in [0.4, 0.5) is 0 Å². The molecule has 0 aliphatic heterocycles. The average Bonchev–Trinajstić information content (AvgIpc) is 1.98. The lowest BCUT2D eigenvalue weighted by Gasteiger charge is -2.14. The van der Waals surface area contributed by atoms with E-state index >= 15 is 0 Å². The number of carbonyl (C=O) groups is 1. The molecule has 3 heteroatoms. The van der Waals surface area contributed by atoms with E-state index in [4.69, 9.17) is 4.74 Å². The van der Waals surface area contributed by atoms with Gasteiger partial charge in [0.15, 0.2) is 0 Å². The van der Waals surface area contributed by atoms with Crippen molar-refractivity contribution in [2.45, 2.75) is 20.0 Å². The highest BCUT2D eigenvalue weighted by Crippen LogP contribution is 2.02. The minimum Gasteiger partial charge on any atom is -0.359 e. The van der Waals surface area contributed by atoms with E-state index in [1.165, 1.54) is 0 Å². The van der Waals surface area contributed by atoms with Crippen LogP contribution in [0.3, 0.4) is 0 Å². The fourth-order valence-corrected chi connectivity index (χ4v) is 0.438. The molecule has 3 nitrogen and oxygen atoms in total. The molecule has 10 heavy (non-hydrogen) atoms. The molecule has 2 atom stereocenters. The second kappa shape index (κ2) is 5.38. The number of hydrogen-bond donors (Lipinski definition) is 0. The van der Waals surface area contributed by atoms with Crippen LogP contribution in [0.25, 0.3) is 0 Å². The molecule has 0 aromatic heterocycles. The predicted octanol–water partition coefficient (Wildman–Crippen LogP) is 0.830. The second-order valence-electron chi connectivity index (χ2n) is 2.27. The Morgan fingerprint density at radius 1 is 1.50 bits per heavy atom. The van der Waals surface area contributed by atoms with Crippen molar-refractivity contribution in [3.05, 3.63) is 0 Å². The van der Waals surface area contributed by atoms with E-state index in [1.54, 1.807) is 7.11 Å². The summed E-state index contributed by atoms with van der Waals surface area (Å²) < 4.78 is 9.76. The Balaban J connectivity index is 3.40. The highest BCUT2D eigenvalue weighted by Gasteiger charge is 2.10. The minimum absolute atomic E-state index is 0.0579. The highest BCUT2D eigenvalue weighted by atomic mass is 16.7. The molecule has 0 heterocycles. The molecule has 0 saturated carbocycles. The van der Waals surface area contributed by atoms with Crippen molar-refractivity contribution in [1.29, 1.82) is 0 Å². The lowest BCUT2D eigenvalue weighted by Crippen LogP contribution is -2.20. The Kier molecular flexibility index (Phi) is 5.16. The molecular formula is C7H14O3. The molecule has 0 aromatic carbocycles. The Labute approximate surface area is 61.3 Å². The molecule has 0 amide bonds. The summed E-state index contributed by atoms with van der Waals surface area (Å²) in [7, 11) is 1.55. The van der Waals surface area contributed by atoms with Crippen molar-refractivity contribution < 1.29 is 14.3 Å². The van der Waals surface area contributed by atoms with Gasteiger partial charge in [-0.2, -0.15) is 0 Å². The normalized spacial score (nSPS) is 16.3. The SMILES string of the molecule is COCO[C@@H](C)[C@@H](C)C=O. The van der Waals surface area contributed by atoms with Crippen LogP contribution in [0.1, 0.15) is 13.8 Å². The van der Waals surface area contributed by atoms with Gasteiger partial charge in [-0.3, -0.25) is 0 Å². The van der Waals surface area contributed by atoms with Crippen LogP contribution >= 0.6 is 0 Å². The monoisotopic (exact) mass is 146 g/mol. The van der Waals surface area contributed by atoms with Gasteiger partial charge < -0.3 is 14.3 Å². The van der Waals surface area contributed by atoms with Crippen LogP contribution in [-0.2, 0) is 14.3 Å². The third-order valence-electron chi connectivity index (χ3n) is 1.40. The van der Waals surface area contributed by atoms with E-state index in [1.807, 2.05) is 13.8 Å². The molecule has 0 N–H and O–H groups in total. The third-order valence-corrected chi connectivity index (χ3v) is 1.40. The standard InChI is InChI=1S/C7H14O3/c1-6(4-8)7(2)10-5-9-3/h4,6-7H,5H2,1-3H3/t6-,7-/m0/s1. The first kappa shape index (κ1) is 9.59. The van der Waals surface area contributed by atoms with E-state index in [0.717, 1.165) is 6.29 Å². The minimum atomic E-state index is -0.0600. The van der Waals surface area contributed by atoms with Crippen molar-refractivity contribution in [1.82, 2.24) is 0 Å². The average molecular weight is 146 g/mol. The van der Waals surface area contributed by atoms with Gasteiger partial charge in [-0.1, -0.05) is 6.92 Å². The van der Waals surface area contributed by atoms with E-state index < -0.39 is 0 Å². The smallest absolute Gasteiger partial charge is 0.146 e. The van der Waals surface area contributed by atoms with E-state index in [2.05, 4.69) is 4.74 Å². The van der Waals surface area contributed by atoms with Gasteiger partial charge in [0.05, 0.1) is 6.10 Å². The fourth-order valence-electron chi connectivity index (χ4n) is 0.438. The second-order valence-corrected chi connectivity index (χ2v) is 2.27. The first-order valence-electron chi connectivity index (χ1n) is 3.28. The zero-order valence-corrected chi connectivity index (χ0v) is 6.66. The van der Waals surface area contributed by atoms with Gasteiger partial charge in [-0.25, -0.2) is 0 Å². The Morgan fingerprint density at radius 2 is 2.10 bits per heavy atom. The van der Waals surface area contributed by atoms with Crippen molar-refractivity contribution in [2.24, 2.45) is 5.92 Å². The number of carbonyl (C=O) groups excluding carboxylic acids is 1. The predicted molar refractivity (Wildman–Crippen MR) is 37.7 cm³/mol. The van der Waals surface area contributed by atoms with Crippen molar-refractivity contribution in [3.8, 4) is 0 Å². The Bertz CT molecular complexity index is 92.9. The van der Waals surface area contributed by atoms with Crippen LogP contribution < -0.4 is 0 Å². The number of hydrogen-bond acceptors (Lipinski definition) is 3. The van der Waals surface area contributed by atoms with Crippen molar-refractivity contribution >= 4 is 6.29 Å². The van der Waals surface area contributed by atoms with Crippen molar-refractivity contribution in [2.75, 3.05) is 13.9 Å². The van der Waals surface area contributed by atoms with Crippen molar-refractivity contribution in [3.63, 3.8) is 0 Å². The summed E-state index contributed by atoms with van der Waals surface area (Å²) in [6.45, 7) is 3.91. The third kappa shape index (κ3) is 3.58. The maximum atomic E-state index is 10.2. The summed E-state index contributed by atoms with van der Waals surface area (Å²) in [6, 6.07) is 0.